The van der Waals surface area contributed by atoms with E-state index in [1.807, 2.05) is 39.8 Å². The van der Waals surface area contributed by atoms with E-state index in [0.717, 1.165) is 11.1 Å². The van der Waals surface area contributed by atoms with Crippen LogP contribution in [0.4, 0.5) is 4.79 Å². The lowest BCUT2D eigenvalue weighted by Crippen LogP contribution is -2.32. The van der Waals surface area contributed by atoms with Gasteiger partial charge in [0, 0.05) is 18.5 Å². The van der Waals surface area contributed by atoms with Gasteiger partial charge >= 0.3 is 6.09 Å². The van der Waals surface area contributed by atoms with Gasteiger partial charge in [0.1, 0.15) is 11.4 Å². The van der Waals surface area contributed by atoms with E-state index in [1.165, 1.54) is 0 Å². The number of hydrogen-bond acceptors (Lipinski definition) is 3. The summed E-state index contributed by atoms with van der Waals surface area (Å²) < 4.78 is 5.10. The maximum atomic E-state index is 11.4. The number of benzene rings is 1. The Bertz CT molecular complexity index is 533. The highest BCUT2D eigenvalue weighted by atomic mass is 16.6. The van der Waals surface area contributed by atoms with E-state index in [4.69, 9.17) is 4.74 Å². The van der Waals surface area contributed by atoms with Crippen molar-refractivity contribution >= 4 is 6.09 Å². The fraction of sp³-hybridized carbons (Fsp3) is 0.438. The number of phenols is 1. The second-order valence-electron chi connectivity index (χ2n) is 5.48. The molecule has 0 aliphatic rings. The Labute approximate surface area is 120 Å². The van der Waals surface area contributed by atoms with Gasteiger partial charge in [-0.25, -0.2) is 4.79 Å². The number of aryl methyl sites for hydroxylation is 1. The van der Waals surface area contributed by atoms with Gasteiger partial charge in [-0.05, 0) is 45.4 Å². The second-order valence-corrected chi connectivity index (χ2v) is 5.48. The average molecular weight is 275 g/mol. The van der Waals surface area contributed by atoms with Crippen molar-refractivity contribution in [2.24, 2.45) is 0 Å². The summed E-state index contributed by atoms with van der Waals surface area (Å²) in [5.74, 6) is 6.11. The van der Waals surface area contributed by atoms with Gasteiger partial charge in [0.2, 0.25) is 0 Å². The van der Waals surface area contributed by atoms with E-state index >= 15 is 0 Å². The van der Waals surface area contributed by atoms with E-state index < -0.39 is 11.7 Å². The van der Waals surface area contributed by atoms with E-state index in [-0.39, 0.29) is 5.75 Å². The molecule has 4 nitrogen and oxygen atoms in total. The summed E-state index contributed by atoms with van der Waals surface area (Å²) in [7, 11) is 0. The van der Waals surface area contributed by atoms with Gasteiger partial charge in [-0.1, -0.05) is 17.9 Å². The van der Waals surface area contributed by atoms with Crippen LogP contribution in [0, 0.1) is 18.8 Å². The number of carbonyl (C=O) groups excluding carboxylic acids is 1. The molecule has 0 saturated carbocycles. The number of nitrogens with one attached hydrogen (secondary N) is 1. The number of alkyl carbamates (subject to hydrolysis) is 1. The van der Waals surface area contributed by atoms with Crippen molar-refractivity contribution in [2.75, 3.05) is 6.54 Å². The fourth-order valence-electron chi connectivity index (χ4n) is 1.39. The number of hydrogen-bond donors (Lipinski definition) is 2. The molecule has 1 amide bonds. The van der Waals surface area contributed by atoms with Crippen LogP contribution in [0.5, 0.6) is 5.75 Å². The van der Waals surface area contributed by atoms with Crippen molar-refractivity contribution in [3.05, 3.63) is 29.3 Å². The Morgan fingerprint density at radius 3 is 2.70 bits per heavy atom. The third-order valence-corrected chi connectivity index (χ3v) is 2.36. The lowest BCUT2D eigenvalue weighted by Gasteiger charge is -2.19. The second kappa shape index (κ2) is 6.85. The first-order chi connectivity index (χ1) is 9.28. The van der Waals surface area contributed by atoms with Crippen molar-refractivity contribution in [1.29, 1.82) is 0 Å². The molecular weight excluding hydrogens is 254 g/mol. The smallest absolute Gasteiger partial charge is 0.407 e. The maximum Gasteiger partial charge on any atom is 0.407 e. The summed E-state index contributed by atoms with van der Waals surface area (Å²) in [6, 6.07) is 5.30. The highest BCUT2D eigenvalue weighted by Gasteiger charge is 2.15. The summed E-state index contributed by atoms with van der Waals surface area (Å²) in [4.78, 5) is 11.4. The zero-order chi connectivity index (χ0) is 15.2. The van der Waals surface area contributed by atoms with E-state index in [1.54, 1.807) is 6.07 Å². The van der Waals surface area contributed by atoms with Gasteiger partial charge in [-0.2, -0.15) is 0 Å². The minimum atomic E-state index is -0.491. The molecule has 0 spiro atoms. The lowest BCUT2D eigenvalue weighted by atomic mass is 10.1. The van der Waals surface area contributed by atoms with Crippen LogP contribution >= 0.6 is 0 Å². The topological polar surface area (TPSA) is 58.6 Å². The molecule has 0 radical (unpaired) electrons. The summed E-state index contributed by atoms with van der Waals surface area (Å²) in [6.07, 6.45) is 0.0840. The number of phenolic OH excluding ortho intramolecular Hbond substituents is 1. The highest BCUT2D eigenvalue weighted by Crippen LogP contribution is 2.16. The van der Waals surface area contributed by atoms with Crippen LogP contribution in [0.15, 0.2) is 18.2 Å². The van der Waals surface area contributed by atoms with Gasteiger partial charge in [-0.15, -0.1) is 0 Å². The molecule has 0 aliphatic heterocycles. The molecule has 4 heteroatoms. The third kappa shape index (κ3) is 6.14. The molecule has 1 aromatic rings. The Morgan fingerprint density at radius 2 is 2.10 bits per heavy atom. The molecule has 0 atom stereocenters. The maximum absolute atomic E-state index is 11.4. The molecule has 0 heterocycles. The van der Waals surface area contributed by atoms with Crippen LogP contribution in [0.2, 0.25) is 0 Å². The highest BCUT2D eigenvalue weighted by molar-refractivity contribution is 5.67. The first-order valence-corrected chi connectivity index (χ1v) is 6.53. The normalized spacial score (nSPS) is 10.4. The SMILES string of the molecule is Cc1ccc(C#CCCNC(=O)OC(C)(C)C)cc1O. The fourth-order valence-corrected chi connectivity index (χ4v) is 1.39. The van der Waals surface area contributed by atoms with Gasteiger partial charge in [0.25, 0.3) is 0 Å². The minimum Gasteiger partial charge on any atom is -0.508 e. The van der Waals surface area contributed by atoms with Gasteiger partial charge in [-0.3, -0.25) is 0 Å². The molecule has 0 aromatic heterocycles. The molecular formula is C16H21NO3. The Hall–Kier alpha value is -2.15. The monoisotopic (exact) mass is 275 g/mol. The van der Waals surface area contributed by atoms with Gasteiger partial charge < -0.3 is 15.2 Å². The first kappa shape index (κ1) is 15.9. The zero-order valence-corrected chi connectivity index (χ0v) is 12.4. The largest absolute Gasteiger partial charge is 0.508 e. The summed E-state index contributed by atoms with van der Waals surface area (Å²) >= 11 is 0. The molecule has 1 rings (SSSR count). The number of aromatic hydroxyl groups is 1. The van der Waals surface area contributed by atoms with Crippen LogP contribution in [0.3, 0.4) is 0 Å². The molecule has 2 N–H and O–H groups in total. The van der Waals surface area contributed by atoms with Crippen molar-refractivity contribution < 1.29 is 14.6 Å². The van der Waals surface area contributed by atoms with Crippen LogP contribution in [-0.2, 0) is 4.74 Å². The summed E-state index contributed by atoms with van der Waals surface area (Å²) in [5.41, 5.74) is 1.09. The Morgan fingerprint density at radius 1 is 1.40 bits per heavy atom. The number of amides is 1. The molecule has 108 valence electrons. The van der Waals surface area contributed by atoms with Crippen LogP contribution in [0.25, 0.3) is 0 Å². The predicted molar refractivity (Wildman–Crippen MR) is 78.6 cm³/mol. The Balaban J connectivity index is 2.36. The average Bonchev–Trinajstić information content (AvgIpc) is 2.31. The molecule has 20 heavy (non-hydrogen) atoms. The van der Waals surface area contributed by atoms with Crippen molar-refractivity contribution in [3.63, 3.8) is 0 Å². The summed E-state index contributed by atoms with van der Waals surface area (Å²) in [5, 5.41) is 12.2. The number of carbonyl (C=O) groups is 1. The molecule has 0 aliphatic carbocycles. The van der Waals surface area contributed by atoms with Crippen molar-refractivity contribution in [1.82, 2.24) is 5.32 Å². The predicted octanol–water partition coefficient (Wildman–Crippen LogP) is 2.97. The van der Waals surface area contributed by atoms with Crippen molar-refractivity contribution in [3.8, 4) is 17.6 Å². The standard InChI is InChI=1S/C16H21NO3/c1-12-8-9-13(11-14(12)18)7-5-6-10-17-15(19)20-16(2,3)4/h8-9,11,18H,6,10H2,1-4H3,(H,17,19). The minimum absolute atomic E-state index is 0.240. The molecule has 0 saturated heterocycles. The van der Waals surface area contributed by atoms with E-state index in [0.29, 0.717) is 13.0 Å². The zero-order valence-electron chi connectivity index (χ0n) is 12.4. The van der Waals surface area contributed by atoms with E-state index in [2.05, 4.69) is 17.2 Å². The summed E-state index contributed by atoms with van der Waals surface area (Å²) in [6.45, 7) is 7.71. The van der Waals surface area contributed by atoms with Gasteiger partial charge in [0.05, 0.1) is 0 Å². The molecule has 1 aromatic carbocycles. The van der Waals surface area contributed by atoms with Crippen LogP contribution in [0.1, 0.15) is 38.3 Å². The first-order valence-electron chi connectivity index (χ1n) is 6.53. The Kier molecular flexibility index (Phi) is 5.45. The molecule has 0 unspecified atom stereocenters. The van der Waals surface area contributed by atoms with Gasteiger partial charge in [0.15, 0.2) is 0 Å². The van der Waals surface area contributed by atoms with E-state index in [9.17, 15) is 9.90 Å². The molecule has 0 bridgehead atoms. The quantitative estimate of drug-likeness (QED) is 0.644. The van der Waals surface area contributed by atoms with Crippen LogP contribution < -0.4 is 5.32 Å². The third-order valence-electron chi connectivity index (χ3n) is 2.36. The molecule has 0 fully saturated rings. The number of rotatable bonds is 2. The lowest BCUT2D eigenvalue weighted by molar-refractivity contribution is 0.0529. The van der Waals surface area contributed by atoms with Crippen molar-refractivity contribution in [2.45, 2.75) is 39.7 Å². The van der Waals surface area contributed by atoms with Crippen LogP contribution in [-0.4, -0.2) is 23.3 Å². The number of ether oxygens (including phenoxy) is 1.